The van der Waals surface area contributed by atoms with Gasteiger partial charge >= 0.3 is 0 Å². The van der Waals surface area contributed by atoms with Crippen LogP contribution in [0.2, 0.25) is 0 Å². The minimum absolute atomic E-state index is 0.167. The van der Waals surface area contributed by atoms with Gasteiger partial charge in [0.2, 0.25) is 0 Å². The first kappa shape index (κ1) is 16.4. The fourth-order valence-electron chi connectivity index (χ4n) is 1.46. The van der Waals surface area contributed by atoms with Crippen LogP contribution in [0.15, 0.2) is 24.3 Å². The molecular weight excluding hydrogens is 272 g/mol. The van der Waals surface area contributed by atoms with Crippen molar-refractivity contribution in [2.24, 2.45) is 0 Å². The van der Waals surface area contributed by atoms with Gasteiger partial charge in [0.05, 0.1) is 6.10 Å². The summed E-state index contributed by atoms with van der Waals surface area (Å²) in [5.74, 6) is 0.552. The van der Waals surface area contributed by atoms with E-state index >= 15 is 0 Å². The topological polar surface area (TPSA) is 50.4 Å². The number of carbonyl (C=O) groups excluding carboxylic acids is 1. The summed E-state index contributed by atoms with van der Waals surface area (Å²) in [5.41, 5.74) is 0.558. The maximum absolute atomic E-state index is 11.9. The molecule has 5 heteroatoms. The summed E-state index contributed by atoms with van der Waals surface area (Å²) in [6.07, 6.45) is 2.07. The zero-order chi connectivity index (χ0) is 15.0. The monoisotopic (exact) mass is 294 g/mol. The molecule has 0 radical (unpaired) electrons. The van der Waals surface area contributed by atoms with Gasteiger partial charge in [0.15, 0.2) is 5.11 Å². The number of hydrogen-bond donors (Lipinski definition) is 2. The summed E-state index contributed by atoms with van der Waals surface area (Å²) in [6, 6.07) is 7.05. The zero-order valence-electron chi connectivity index (χ0n) is 12.2. The highest BCUT2D eigenvalue weighted by molar-refractivity contribution is 7.80. The smallest absolute Gasteiger partial charge is 0.257 e. The summed E-state index contributed by atoms with van der Waals surface area (Å²) >= 11 is 5.03. The van der Waals surface area contributed by atoms with Crippen molar-refractivity contribution in [3.63, 3.8) is 0 Å². The van der Waals surface area contributed by atoms with E-state index < -0.39 is 0 Å². The van der Waals surface area contributed by atoms with Gasteiger partial charge < -0.3 is 10.1 Å². The average Bonchev–Trinajstić information content (AvgIpc) is 2.45. The van der Waals surface area contributed by atoms with Crippen molar-refractivity contribution in [3.05, 3.63) is 29.8 Å². The van der Waals surface area contributed by atoms with Gasteiger partial charge in [-0.3, -0.25) is 10.1 Å². The lowest BCUT2D eigenvalue weighted by molar-refractivity contribution is 0.0976. The summed E-state index contributed by atoms with van der Waals surface area (Å²) in [7, 11) is 0. The van der Waals surface area contributed by atoms with Gasteiger partial charge in [0, 0.05) is 12.1 Å². The molecule has 110 valence electrons. The average molecular weight is 294 g/mol. The Bertz CT molecular complexity index is 446. The van der Waals surface area contributed by atoms with Crippen LogP contribution < -0.4 is 15.4 Å². The van der Waals surface area contributed by atoms with Crippen LogP contribution in [0.5, 0.6) is 5.75 Å². The molecular formula is C15H22N2O2S. The van der Waals surface area contributed by atoms with Crippen LogP contribution in [0.25, 0.3) is 0 Å². The van der Waals surface area contributed by atoms with Gasteiger partial charge in [-0.2, -0.15) is 0 Å². The molecule has 0 aromatic heterocycles. The van der Waals surface area contributed by atoms with Gasteiger partial charge in [-0.15, -0.1) is 0 Å². The van der Waals surface area contributed by atoms with Gasteiger partial charge in [-0.1, -0.05) is 13.8 Å². The lowest BCUT2D eigenvalue weighted by Crippen LogP contribution is -2.39. The maximum atomic E-state index is 11.9. The molecule has 1 rings (SSSR count). The van der Waals surface area contributed by atoms with Crippen LogP contribution in [0, 0.1) is 0 Å². The Hall–Kier alpha value is -1.62. The molecule has 1 atom stereocenters. The molecule has 20 heavy (non-hydrogen) atoms. The third-order valence-electron chi connectivity index (χ3n) is 2.79. The number of nitrogens with one attached hydrogen (secondary N) is 2. The Kier molecular flexibility index (Phi) is 7.01. The van der Waals surface area contributed by atoms with Crippen LogP contribution in [-0.4, -0.2) is 23.7 Å². The van der Waals surface area contributed by atoms with Crippen LogP contribution in [0.1, 0.15) is 44.0 Å². The van der Waals surface area contributed by atoms with Gasteiger partial charge in [0.1, 0.15) is 5.75 Å². The van der Waals surface area contributed by atoms with Crippen molar-refractivity contribution in [1.29, 1.82) is 0 Å². The third-order valence-corrected chi connectivity index (χ3v) is 3.04. The molecule has 4 nitrogen and oxygen atoms in total. The SMILES string of the molecule is CCCNC(=S)NC(=O)c1ccc(OC(C)CC)cc1. The number of hydrogen-bond acceptors (Lipinski definition) is 3. The minimum Gasteiger partial charge on any atom is -0.491 e. The number of amides is 1. The molecule has 0 heterocycles. The van der Waals surface area contributed by atoms with Crippen LogP contribution >= 0.6 is 12.2 Å². The minimum atomic E-state index is -0.214. The number of thiocarbonyl (C=S) groups is 1. The van der Waals surface area contributed by atoms with Crippen molar-refractivity contribution < 1.29 is 9.53 Å². The Balaban J connectivity index is 2.55. The first-order valence-electron chi connectivity index (χ1n) is 6.92. The molecule has 0 saturated carbocycles. The van der Waals surface area contributed by atoms with Crippen LogP contribution in [0.4, 0.5) is 0 Å². The molecule has 1 unspecified atom stereocenters. The second kappa shape index (κ2) is 8.53. The van der Waals surface area contributed by atoms with Gasteiger partial charge in [0.25, 0.3) is 5.91 Å². The highest BCUT2D eigenvalue weighted by Crippen LogP contribution is 2.14. The van der Waals surface area contributed by atoms with Crippen molar-refractivity contribution in [3.8, 4) is 5.75 Å². The van der Waals surface area contributed by atoms with Crippen LogP contribution in [0.3, 0.4) is 0 Å². The van der Waals surface area contributed by atoms with E-state index in [0.29, 0.717) is 10.7 Å². The number of benzene rings is 1. The van der Waals surface area contributed by atoms with E-state index in [4.69, 9.17) is 17.0 Å². The normalized spacial score (nSPS) is 11.6. The second-order valence-electron chi connectivity index (χ2n) is 4.57. The molecule has 0 spiro atoms. The van der Waals surface area contributed by atoms with E-state index in [1.807, 2.05) is 13.8 Å². The van der Waals surface area contributed by atoms with E-state index in [1.165, 1.54) is 0 Å². The first-order chi connectivity index (χ1) is 9.56. The van der Waals surface area contributed by atoms with E-state index in [2.05, 4.69) is 17.6 Å². The highest BCUT2D eigenvalue weighted by Gasteiger charge is 2.08. The predicted octanol–water partition coefficient (Wildman–Crippen LogP) is 2.88. The highest BCUT2D eigenvalue weighted by atomic mass is 32.1. The molecule has 1 amide bonds. The molecule has 1 aromatic carbocycles. The van der Waals surface area contributed by atoms with Crippen molar-refractivity contribution in [1.82, 2.24) is 10.6 Å². The van der Waals surface area contributed by atoms with E-state index in [9.17, 15) is 4.79 Å². The Morgan fingerprint density at radius 1 is 1.30 bits per heavy atom. The summed E-state index contributed by atoms with van der Waals surface area (Å²) in [6.45, 7) is 6.86. The van der Waals surface area contributed by atoms with Gasteiger partial charge in [-0.25, -0.2) is 0 Å². The van der Waals surface area contributed by atoms with E-state index in [-0.39, 0.29) is 12.0 Å². The zero-order valence-corrected chi connectivity index (χ0v) is 13.0. The Morgan fingerprint density at radius 3 is 2.50 bits per heavy atom. The molecule has 0 aliphatic heterocycles. The summed E-state index contributed by atoms with van der Waals surface area (Å²) < 4.78 is 5.66. The first-order valence-corrected chi connectivity index (χ1v) is 7.33. The molecule has 0 aliphatic rings. The number of rotatable bonds is 6. The fourth-order valence-corrected chi connectivity index (χ4v) is 1.65. The van der Waals surface area contributed by atoms with Crippen molar-refractivity contribution in [2.75, 3.05) is 6.54 Å². The third kappa shape index (κ3) is 5.57. The van der Waals surface area contributed by atoms with Crippen molar-refractivity contribution >= 4 is 23.2 Å². The molecule has 0 fully saturated rings. The standard InChI is InChI=1S/C15H22N2O2S/c1-4-10-16-15(20)17-14(18)12-6-8-13(9-7-12)19-11(3)5-2/h6-9,11H,4-5,10H2,1-3H3,(H2,16,17,18,20). The fraction of sp³-hybridized carbons (Fsp3) is 0.467. The molecule has 0 aliphatic carbocycles. The molecule has 2 N–H and O–H groups in total. The summed E-state index contributed by atoms with van der Waals surface area (Å²) in [4.78, 5) is 11.9. The summed E-state index contributed by atoms with van der Waals surface area (Å²) in [5, 5.41) is 5.95. The Morgan fingerprint density at radius 2 is 1.95 bits per heavy atom. The van der Waals surface area contributed by atoms with E-state index in [0.717, 1.165) is 25.1 Å². The molecule has 0 saturated heterocycles. The van der Waals surface area contributed by atoms with Gasteiger partial charge in [-0.05, 0) is 56.2 Å². The Labute approximate surface area is 125 Å². The predicted molar refractivity (Wildman–Crippen MR) is 85.2 cm³/mol. The lowest BCUT2D eigenvalue weighted by Gasteiger charge is -2.13. The quantitative estimate of drug-likeness (QED) is 0.792. The van der Waals surface area contributed by atoms with E-state index in [1.54, 1.807) is 24.3 Å². The second-order valence-corrected chi connectivity index (χ2v) is 4.98. The largest absolute Gasteiger partial charge is 0.491 e. The number of ether oxygens (including phenoxy) is 1. The molecule has 0 bridgehead atoms. The maximum Gasteiger partial charge on any atom is 0.257 e. The van der Waals surface area contributed by atoms with Crippen molar-refractivity contribution in [2.45, 2.75) is 39.7 Å². The number of carbonyl (C=O) groups is 1. The van der Waals surface area contributed by atoms with Crippen LogP contribution in [-0.2, 0) is 0 Å². The molecule has 1 aromatic rings. The lowest BCUT2D eigenvalue weighted by atomic mass is 10.2.